The van der Waals surface area contributed by atoms with E-state index in [-0.39, 0.29) is 0 Å². The fourth-order valence-electron chi connectivity index (χ4n) is 2.01. The van der Waals surface area contributed by atoms with Gasteiger partial charge in [-0.3, -0.25) is 4.57 Å². The Labute approximate surface area is 140 Å². The Morgan fingerprint density at radius 1 is 0.955 bits per heavy atom. The Bertz CT molecular complexity index is 616. The molecule has 0 bridgehead atoms. The largest absolute Gasteiger partial charge is 0.345 e. The average Bonchev–Trinajstić information content (AvgIpc) is 2.60. The van der Waals surface area contributed by atoms with Crippen molar-refractivity contribution in [2.45, 2.75) is 15.3 Å². The fourth-order valence-corrected chi connectivity index (χ4v) is 6.05. The molecule has 0 aliphatic rings. The Morgan fingerprint density at radius 2 is 1.45 bits per heavy atom. The van der Waals surface area contributed by atoms with Crippen molar-refractivity contribution in [1.29, 1.82) is 0 Å². The molecular formula is C16H18ClO3PS. The molecule has 0 N–H and O–H groups in total. The van der Waals surface area contributed by atoms with E-state index in [1.165, 1.54) is 26.0 Å². The molecule has 2 rings (SSSR count). The zero-order valence-corrected chi connectivity index (χ0v) is 14.9. The summed E-state index contributed by atoms with van der Waals surface area (Å²) in [4.78, 5) is 0.414. The molecule has 3 nitrogen and oxygen atoms in total. The minimum atomic E-state index is -3.35. The summed E-state index contributed by atoms with van der Waals surface area (Å²) in [7, 11) is -0.575. The Kier molecular flexibility index (Phi) is 6.54. The molecule has 22 heavy (non-hydrogen) atoms. The van der Waals surface area contributed by atoms with Gasteiger partial charge in [0, 0.05) is 19.1 Å². The van der Waals surface area contributed by atoms with Crippen molar-refractivity contribution in [3.63, 3.8) is 0 Å². The summed E-state index contributed by atoms with van der Waals surface area (Å²) in [5, 5.41) is -0.503. The smallest absolute Gasteiger partial charge is 0.311 e. The van der Waals surface area contributed by atoms with Crippen LogP contribution in [0.1, 0.15) is 10.9 Å². The minimum absolute atomic E-state index is 0.503. The van der Waals surface area contributed by atoms with Gasteiger partial charge in [-0.05, 0) is 17.7 Å². The molecule has 2 atom stereocenters. The number of benzene rings is 2. The van der Waals surface area contributed by atoms with Crippen molar-refractivity contribution >= 4 is 31.0 Å². The molecule has 0 saturated carbocycles. The molecule has 0 amide bonds. The van der Waals surface area contributed by atoms with Crippen molar-refractivity contribution in [1.82, 2.24) is 0 Å². The van der Waals surface area contributed by atoms with E-state index in [4.69, 9.17) is 20.6 Å². The number of hydrogen-bond donors (Lipinski definition) is 0. The number of rotatable bonds is 7. The maximum absolute atomic E-state index is 12.9. The van der Waals surface area contributed by atoms with Crippen molar-refractivity contribution in [3.8, 4) is 0 Å². The monoisotopic (exact) mass is 356 g/mol. The lowest BCUT2D eigenvalue weighted by Crippen LogP contribution is -2.14. The first kappa shape index (κ1) is 17.6. The van der Waals surface area contributed by atoms with E-state index < -0.39 is 18.0 Å². The molecule has 118 valence electrons. The quantitative estimate of drug-likeness (QED) is 0.369. The van der Waals surface area contributed by atoms with Crippen LogP contribution in [0.15, 0.2) is 65.6 Å². The Balaban J connectivity index is 2.35. The van der Waals surface area contributed by atoms with E-state index in [1.807, 2.05) is 60.7 Å². The van der Waals surface area contributed by atoms with Crippen molar-refractivity contribution < 1.29 is 13.6 Å². The van der Waals surface area contributed by atoms with Gasteiger partial charge in [-0.25, -0.2) is 0 Å². The molecule has 0 spiro atoms. The molecule has 0 saturated heterocycles. The summed E-state index contributed by atoms with van der Waals surface area (Å²) >= 11 is 8.01. The molecule has 0 fully saturated rings. The SMILES string of the molecule is COP(=O)(OC)C(Sc1ccccc1)C(Cl)c1ccccc1. The second-order valence-corrected chi connectivity index (χ2v) is 8.94. The van der Waals surface area contributed by atoms with Crippen LogP contribution in [0.5, 0.6) is 0 Å². The Morgan fingerprint density at radius 3 is 1.95 bits per heavy atom. The lowest BCUT2D eigenvalue weighted by atomic mass is 10.2. The highest BCUT2D eigenvalue weighted by Crippen LogP contribution is 2.62. The van der Waals surface area contributed by atoms with Gasteiger partial charge >= 0.3 is 7.60 Å². The molecular weight excluding hydrogens is 339 g/mol. The third kappa shape index (κ3) is 4.15. The molecule has 6 heteroatoms. The lowest BCUT2D eigenvalue weighted by Gasteiger charge is -2.27. The third-order valence-corrected chi connectivity index (χ3v) is 8.11. The van der Waals surface area contributed by atoms with Gasteiger partial charge in [0.2, 0.25) is 0 Å². The van der Waals surface area contributed by atoms with Gasteiger partial charge < -0.3 is 9.05 Å². The highest BCUT2D eigenvalue weighted by Gasteiger charge is 2.41. The van der Waals surface area contributed by atoms with Crippen LogP contribution in [0.2, 0.25) is 0 Å². The second kappa shape index (κ2) is 8.19. The highest BCUT2D eigenvalue weighted by atomic mass is 35.5. The van der Waals surface area contributed by atoms with E-state index in [0.717, 1.165) is 10.5 Å². The van der Waals surface area contributed by atoms with Crippen LogP contribution in [0, 0.1) is 0 Å². The summed E-state index contributed by atoms with van der Waals surface area (Å²) in [6.07, 6.45) is 0. The predicted molar refractivity (Wildman–Crippen MR) is 92.7 cm³/mol. The average molecular weight is 357 g/mol. The van der Waals surface area contributed by atoms with E-state index in [1.54, 1.807) is 0 Å². The van der Waals surface area contributed by atoms with E-state index in [0.29, 0.717) is 0 Å². The standard InChI is InChI=1S/C16H18ClO3PS/c1-19-21(18,20-2)16(22-14-11-7-4-8-12-14)15(17)13-9-5-3-6-10-13/h3-12,15-16H,1-2H3. The summed E-state index contributed by atoms with van der Waals surface area (Å²) < 4.78 is 23.3. The first-order valence-electron chi connectivity index (χ1n) is 6.72. The van der Waals surface area contributed by atoms with Gasteiger partial charge in [0.25, 0.3) is 0 Å². The van der Waals surface area contributed by atoms with Crippen LogP contribution >= 0.6 is 31.0 Å². The van der Waals surface area contributed by atoms with E-state index in [2.05, 4.69) is 0 Å². The fraction of sp³-hybridized carbons (Fsp3) is 0.250. The molecule has 0 aromatic heterocycles. The number of hydrogen-bond acceptors (Lipinski definition) is 4. The van der Waals surface area contributed by atoms with E-state index in [9.17, 15) is 4.57 Å². The van der Waals surface area contributed by atoms with Crippen LogP contribution < -0.4 is 0 Å². The molecule has 0 aliphatic carbocycles. The third-order valence-electron chi connectivity index (χ3n) is 3.19. The maximum atomic E-state index is 12.9. The number of thioether (sulfide) groups is 1. The first-order valence-corrected chi connectivity index (χ1v) is 9.65. The number of halogens is 1. The zero-order chi connectivity index (χ0) is 16.0. The lowest BCUT2D eigenvalue weighted by molar-refractivity contribution is 0.273. The normalized spacial score (nSPS) is 14.5. The molecule has 0 radical (unpaired) electrons. The summed E-state index contributed by atoms with van der Waals surface area (Å²) in [6.45, 7) is 0. The van der Waals surface area contributed by atoms with Gasteiger partial charge in [0.15, 0.2) is 0 Å². The molecule has 2 aromatic rings. The van der Waals surface area contributed by atoms with Gasteiger partial charge in [-0.15, -0.1) is 23.4 Å². The van der Waals surface area contributed by atoms with Gasteiger partial charge in [-0.2, -0.15) is 0 Å². The molecule has 2 aromatic carbocycles. The van der Waals surface area contributed by atoms with Crippen LogP contribution in [-0.4, -0.2) is 19.2 Å². The number of alkyl halides is 1. The molecule has 0 aliphatic heterocycles. The summed E-state index contributed by atoms with van der Waals surface area (Å²) in [5.41, 5.74) is 0.881. The van der Waals surface area contributed by atoms with Crippen molar-refractivity contribution in [2.75, 3.05) is 14.2 Å². The van der Waals surface area contributed by atoms with Crippen molar-refractivity contribution in [3.05, 3.63) is 66.2 Å². The van der Waals surface area contributed by atoms with Gasteiger partial charge in [-0.1, -0.05) is 48.5 Å². The summed E-state index contributed by atoms with van der Waals surface area (Å²) in [5.74, 6) is 0. The second-order valence-electron chi connectivity index (χ2n) is 4.54. The Hall–Kier alpha value is -0.770. The van der Waals surface area contributed by atoms with Gasteiger partial charge in [0.1, 0.15) is 4.99 Å². The highest BCUT2D eigenvalue weighted by molar-refractivity contribution is 8.05. The maximum Gasteiger partial charge on any atom is 0.345 e. The summed E-state index contributed by atoms with van der Waals surface area (Å²) in [6, 6.07) is 19.2. The first-order chi connectivity index (χ1) is 10.6. The van der Waals surface area contributed by atoms with E-state index >= 15 is 0 Å². The van der Waals surface area contributed by atoms with Crippen LogP contribution in [0.3, 0.4) is 0 Å². The molecule has 0 heterocycles. The van der Waals surface area contributed by atoms with Crippen LogP contribution in [0.4, 0.5) is 0 Å². The predicted octanol–water partition coefficient (Wildman–Crippen LogP) is 5.57. The zero-order valence-electron chi connectivity index (χ0n) is 12.4. The molecule has 2 unspecified atom stereocenters. The van der Waals surface area contributed by atoms with Crippen LogP contribution in [-0.2, 0) is 13.6 Å². The van der Waals surface area contributed by atoms with Gasteiger partial charge in [0.05, 0.1) is 5.38 Å². The van der Waals surface area contributed by atoms with Crippen molar-refractivity contribution in [2.24, 2.45) is 0 Å². The minimum Gasteiger partial charge on any atom is -0.311 e. The van der Waals surface area contributed by atoms with Crippen LogP contribution in [0.25, 0.3) is 0 Å². The topological polar surface area (TPSA) is 35.5 Å².